The van der Waals surface area contributed by atoms with E-state index in [1.807, 2.05) is 0 Å². The fraction of sp³-hybridized carbons (Fsp3) is 0.846. The topological polar surface area (TPSA) is 51.0 Å². The van der Waals surface area contributed by atoms with Crippen LogP contribution in [0, 0.1) is 0 Å². The van der Waals surface area contributed by atoms with Crippen molar-refractivity contribution in [2.45, 2.75) is 68.9 Å². The second-order valence-electron chi connectivity index (χ2n) is 5.86. The Balaban J connectivity index is 1.54. The van der Waals surface area contributed by atoms with Crippen LogP contribution >= 0.6 is 0 Å². The van der Waals surface area contributed by atoms with Crippen LogP contribution in [0.2, 0.25) is 0 Å². The van der Waals surface area contributed by atoms with Gasteiger partial charge in [-0.15, -0.1) is 0 Å². The molecule has 3 atom stereocenters. The molecule has 4 heteroatoms. The second kappa shape index (κ2) is 3.80. The summed E-state index contributed by atoms with van der Waals surface area (Å²) in [5, 5.41) is 7.84. The molecule has 1 N–H and O–H groups in total. The first-order valence-electron chi connectivity index (χ1n) is 7.00. The van der Waals surface area contributed by atoms with Crippen molar-refractivity contribution in [2.24, 2.45) is 0 Å². The van der Waals surface area contributed by atoms with Gasteiger partial charge in [0, 0.05) is 18.0 Å². The molecular weight excluding hydrogens is 214 g/mol. The van der Waals surface area contributed by atoms with Crippen LogP contribution in [0.5, 0.6) is 0 Å². The Bertz CT molecular complexity index is 411. The quantitative estimate of drug-likeness (QED) is 0.851. The molecule has 1 aliphatic carbocycles. The summed E-state index contributed by atoms with van der Waals surface area (Å²) in [7, 11) is 0. The summed E-state index contributed by atoms with van der Waals surface area (Å²) in [6.45, 7) is 0. The molecule has 4 rings (SSSR count). The average Bonchev–Trinajstić information content (AvgIpc) is 3.12. The fourth-order valence-electron chi connectivity index (χ4n) is 3.84. The normalized spacial score (nSPS) is 37.1. The van der Waals surface area contributed by atoms with Crippen LogP contribution in [0.3, 0.4) is 0 Å². The molecule has 0 spiro atoms. The molecule has 2 bridgehead atoms. The highest BCUT2D eigenvalue weighted by molar-refractivity contribution is 5.11. The maximum atomic E-state index is 5.51. The Hall–Kier alpha value is -0.900. The molecule has 1 saturated carbocycles. The molecule has 92 valence electrons. The predicted molar refractivity (Wildman–Crippen MR) is 62.8 cm³/mol. The Labute approximate surface area is 101 Å². The maximum Gasteiger partial charge on any atom is 0.231 e. The minimum atomic E-state index is 0.483. The van der Waals surface area contributed by atoms with Gasteiger partial charge in [0.15, 0.2) is 5.82 Å². The molecule has 17 heavy (non-hydrogen) atoms. The third-order valence-electron chi connectivity index (χ3n) is 4.80. The number of fused-ring (bicyclic) bond motifs is 2. The first kappa shape index (κ1) is 10.1. The van der Waals surface area contributed by atoms with Crippen molar-refractivity contribution in [3.05, 3.63) is 11.7 Å². The molecule has 1 aromatic heterocycles. The Morgan fingerprint density at radius 1 is 1.12 bits per heavy atom. The van der Waals surface area contributed by atoms with Gasteiger partial charge in [0.05, 0.1) is 5.92 Å². The fourth-order valence-corrected chi connectivity index (χ4v) is 3.84. The number of hydrogen-bond acceptors (Lipinski definition) is 4. The van der Waals surface area contributed by atoms with Crippen molar-refractivity contribution in [1.82, 2.24) is 15.5 Å². The Kier molecular flexibility index (Phi) is 2.25. The number of rotatable bonds is 2. The van der Waals surface area contributed by atoms with E-state index in [1.54, 1.807) is 0 Å². The Morgan fingerprint density at radius 2 is 2.00 bits per heavy atom. The first-order valence-corrected chi connectivity index (χ1v) is 7.00. The largest absolute Gasteiger partial charge is 0.339 e. The molecule has 3 aliphatic rings. The van der Waals surface area contributed by atoms with Gasteiger partial charge in [-0.05, 0) is 32.1 Å². The van der Waals surface area contributed by atoms with E-state index in [1.165, 1.54) is 44.9 Å². The lowest BCUT2D eigenvalue weighted by Crippen LogP contribution is -2.21. The number of nitrogens with zero attached hydrogens (tertiary/aromatic N) is 2. The van der Waals surface area contributed by atoms with Crippen molar-refractivity contribution in [2.75, 3.05) is 0 Å². The third kappa shape index (κ3) is 1.61. The molecule has 2 aliphatic heterocycles. The first-order chi connectivity index (χ1) is 8.40. The van der Waals surface area contributed by atoms with E-state index >= 15 is 0 Å². The van der Waals surface area contributed by atoms with Crippen molar-refractivity contribution in [1.29, 1.82) is 0 Å². The molecule has 1 aromatic rings. The molecule has 3 heterocycles. The summed E-state index contributed by atoms with van der Waals surface area (Å²) in [6.07, 6.45) is 8.93. The highest BCUT2D eigenvalue weighted by atomic mass is 16.5. The number of aromatic nitrogens is 2. The summed E-state index contributed by atoms with van der Waals surface area (Å²) in [5.74, 6) is 2.92. The van der Waals surface area contributed by atoms with E-state index in [2.05, 4.69) is 15.5 Å². The lowest BCUT2D eigenvalue weighted by atomic mass is 9.89. The zero-order valence-electron chi connectivity index (χ0n) is 10.1. The monoisotopic (exact) mass is 233 g/mol. The van der Waals surface area contributed by atoms with E-state index in [0.717, 1.165) is 11.7 Å². The average molecular weight is 233 g/mol. The van der Waals surface area contributed by atoms with E-state index in [-0.39, 0.29) is 0 Å². The van der Waals surface area contributed by atoms with Crippen LogP contribution in [-0.4, -0.2) is 22.2 Å². The van der Waals surface area contributed by atoms with Crippen molar-refractivity contribution < 1.29 is 4.52 Å². The van der Waals surface area contributed by atoms with Gasteiger partial charge in [-0.3, -0.25) is 0 Å². The highest BCUT2D eigenvalue weighted by Crippen LogP contribution is 2.40. The zero-order chi connectivity index (χ0) is 11.2. The highest BCUT2D eigenvalue weighted by Gasteiger charge is 2.42. The standard InChI is InChI=1S/C13H19N3O/c1-2-4-8(3-1)12-15-13(17-16-12)10-7-9-5-6-11(10)14-9/h8-11,14H,1-7H2. The summed E-state index contributed by atoms with van der Waals surface area (Å²) in [4.78, 5) is 4.68. The molecule has 0 aromatic carbocycles. The van der Waals surface area contributed by atoms with Crippen LogP contribution in [0.1, 0.15) is 68.5 Å². The molecule has 3 unspecified atom stereocenters. The third-order valence-corrected chi connectivity index (χ3v) is 4.80. The van der Waals surface area contributed by atoms with Crippen LogP contribution in [-0.2, 0) is 0 Å². The van der Waals surface area contributed by atoms with Crippen molar-refractivity contribution >= 4 is 0 Å². The van der Waals surface area contributed by atoms with E-state index in [9.17, 15) is 0 Å². The molecule has 0 radical (unpaired) electrons. The molecule has 3 fully saturated rings. The van der Waals surface area contributed by atoms with Gasteiger partial charge in [0.1, 0.15) is 0 Å². The van der Waals surface area contributed by atoms with Crippen molar-refractivity contribution in [3.63, 3.8) is 0 Å². The van der Waals surface area contributed by atoms with Gasteiger partial charge in [0.2, 0.25) is 5.89 Å². The van der Waals surface area contributed by atoms with Crippen LogP contribution in [0.25, 0.3) is 0 Å². The van der Waals surface area contributed by atoms with Gasteiger partial charge in [-0.2, -0.15) is 4.98 Å². The maximum absolute atomic E-state index is 5.51. The minimum Gasteiger partial charge on any atom is -0.339 e. The second-order valence-corrected chi connectivity index (χ2v) is 5.86. The van der Waals surface area contributed by atoms with Gasteiger partial charge < -0.3 is 9.84 Å². The minimum absolute atomic E-state index is 0.483. The zero-order valence-corrected chi connectivity index (χ0v) is 10.1. The molecule has 4 nitrogen and oxygen atoms in total. The lowest BCUT2D eigenvalue weighted by Gasteiger charge is -2.15. The van der Waals surface area contributed by atoms with Crippen LogP contribution in [0.4, 0.5) is 0 Å². The summed E-state index contributed by atoms with van der Waals surface area (Å²) in [5.41, 5.74) is 0. The van der Waals surface area contributed by atoms with Gasteiger partial charge in [0.25, 0.3) is 0 Å². The molecule has 2 saturated heterocycles. The molecule has 0 amide bonds. The Morgan fingerprint density at radius 3 is 2.71 bits per heavy atom. The summed E-state index contributed by atoms with van der Waals surface area (Å²) in [6, 6.07) is 1.30. The summed E-state index contributed by atoms with van der Waals surface area (Å²) < 4.78 is 5.51. The molecular formula is C13H19N3O. The smallest absolute Gasteiger partial charge is 0.231 e. The van der Waals surface area contributed by atoms with E-state index < -0.39 is 0 Å². The van der Waals surface area contributed by atoms with Crippen LogP contribution in [0.15, 0.2) is 4.52 Å². The lowest BCUT2D eigenvalue weighted by molar-refractivity contribution is 0.325. The van der Waals surface area contributed by atoms with Gasteiger partial charge in [-0.25, -0.2) is 0 Å². The summed E-state index contributed by atoms with van der Waals surface area (Å²) >= 11 is 0. The van der Waals surface area contributed by atoms with Gasteiger partial charge in [-0.1, -0.05) is 18.0 Å². The predicted octanol–water partition coefficient (Wildman–Crippen LogP) is 2.34. The van der Waals surface area contributed by atoms with Crippen molar-refractivity contribution in [3.8, 4) is 0 Å². The van der Waals surface area contributed by atoms with Crippen LogP contribution < -0.4 is 5.32 Å². The number of hydrogen-bond donors (Lipinski definition) is 1. The number of nitrogens with one attached hydrogen (secondary N) is 1. The van der Waals surface area contributed by atoms with Gasteiger partial charge >= 0.3 is 0 Å². The SMILES string of the molecule is C1CCC(c2noc(C3CC4CCC3N4)n2)C1. The van der Waals surface area contributed by atoms with E-state index in [4.69, 9.17) is 4.52 Å². The van der Waals surface area contributed by atoms with E-state index in [0.29, 0.717) is 23.9 Å².